The average Bonchev–Trinajstić information content (AvgIpc) is 2.62. The van der Waals surface area contributed by atoms with Gasteiger partial charge in [0.15, 0.2) is 0 Å². The van der Waals surface area contributed by atoms with Crippen LogP contribution >= 0.6 is 0 Å². The molecule has 2 aromatic rings. The van der Waals surface area contributed by atoms with Crippen LogP contribution < -0.4 is 0 Å². The summed E-state index contributed by atoms with van der Waals surface area (Å²) < 4.78 is 24.7. The van der Waals surface area contributed by atoms with Crippen LogP contribution in [0.25, 0.3) is 10.9 Å². The van der Waals surface area contributed by atoms with Crippen LogP contribution in [0.1, 0.15) is 0 Å². The molecule has 1 N–H and O–H groups in total. The summed E-state index contributed by atoms with van der Waals surface area (Å²) in [6.45, 7) is 0. The van der Waals surface area contributed by atoms with Gasteiger partial charge in [0.1, 0.15) is 5.82 Å². The Balaban J connectivity index is 2.92. The lowest BCUT2D eigenvalue weighted by atomic mass is 10.2. The summed E-state index contributed by atoms with van der Waals surface area (Å²) in [5.41, 5.74) is -0.234. The molecule has 2 rings (SSSR count). The van der Waals surface area contributed by atoms with E-state index in [9.17, 15) is 18.7 Å². The van der Waals surface area contributed by atoms with Crippen molar-refractivity contribution in [1.82, 2.24) is 4.98 Å². The van der Waals surface area contributed by atoms with Crippen molar-refractivity contribution >= 4 is 27.4 Å². The Bertz CT molecular complexity index is 608. The zero-order valence-electron chi connectivity index (χ0n) is 8.19. The second-order valence-corrected chi connectivity index (χ2v) is 4.53. The van der Waals surface area contributed by atoms with Gasteiger partial charge in [0.25, 0.3) is 5.69 Å². The normalized spacial score (nSPS) is 12.9. The van der Waals surface area contributed by atoms with Gasteiger partial charge in [0, 0.05) is 18.5 Å². The Morgan fingerprint density at radius 3 is 2.75 bits per heavy atom. The maximum absolute atomic E-state index is 13.4. The predicted octanol–water partition coefficient (Wildman–Crippen LogP) is 1.95. The van der Waals surface area contributed by atoms with E-state index in [0.29, 0.717) is 0 Å². The molecule has 84 valence electrons. The number of H-pyrrole nitrogens is 1. The summed E-state index contributed by atoms with van der Waals surface area (Å²) in [5, 5.41) is 10.8. The van der Waals surface area contributed by atoms with Crippen LogP contribution in [0.5, 0.6) is 0 Å². The molecule has 0 saturated heterocycles. The lowest BCUT2D eigenvalue weighted by Crippen LogP contribution is -1.93. The molecule has 0 fully saturated rings. The van der Waals surface area contributed by atoms with Gasteiger partial charge in [0.2, 0.25) is 0 Å². The number of nitrogens with zero attached hydrogens (tertiary/aromatic N) is 1. The number of aromatic nitrogens is 1. The van der Waals surface area contributed by atoms with Gasteiger partial charge in [-0.15, -0.1) is 0 Å². The lowest BCUT2D eigenvalue weighted by molar-refractivity contribution is -0.383. The first-order valence-electron chi connectivity index (χ1n) is 4.29. The van der Waals surface area contributed by atoms with Gasteiger partial charge in [-0.2, -0.15) is 0 Å². The van der Waals surface area contributed by atoms with Gasteiger partial charge in [-0.1, -0.05) is 0 Å². The molecule has 0 saturated carbocycles. The molecule has 0 aliphatic rings. The number of nitro benzene ring substituents is 1. The Morgan fingerprint density at radius 1 is 1.50 bits per heavy atom. The SMILES string of the molecule is CS(=O)c1c[nH]c2c(F)ccc([N+](=O)[O-])c12. The van der Waals surface area contributed by atoms with Gasteiger partial charge in [-0.05, 0) is 6.07 Å². The third kappa shape index (κ3) is 1.49. The number of nitro groups is 1. The molecule has 0 bridgehead atoms. The van der Waals surface area contributed by atoms with E-state index in [1.807, 2.05) is 0 Å². The number of aromatic amines is 1. The second-order valence-electron chi connectivity index (χ2n) is 3.18. The molecule has 7 heteroatoms. The number of halogens is 1. The van der Waals surface area contributed by atoms with Crippen molar-refractivity contribution in [3.63, 3.8) is 0 Å². The molecule has 0 amide bonds. The van der Waals surface area contributed by atoms with E-state index in [0.717, 1.165) is 12.1 Å². The molecule has 1 aromatic heterocycles. The first-order chi connectivity index (χ1) is 7.52. The van der Waals surface area contributed by atoms with Crippen molar-refractivity contribution in [2.45, 2.75) is 4.90 Å². The Labute approximate surface area is 91.9 Å². The monoisotopic (exact) mass is 242 g/mol. The molecule has 16 heavy (non-hydrogen) atoms. The quantitative estimate of drug-likeness (QED) is 0.646. The largest absolute Gasteiger partial charge is 0.357 e. The third-order valence-electron chi connectivity index (χ3n) is 2.23. The van der Waals surface area contributed by atoms with E-state index < -0.39 is 21.5 Å². The van der Waals surface area contributed by atoms with Gasteiger partial charge < -0.3 is 4.98 Å². The first kappa shape index (κ1) is 10.7. The van der Waals surface area contributed by atoms with Crippen LogP contribution in [-0.4, -0.2) is 20.4 Å². The standard InChI is InChI=1S/C9H7FN2O3S/c1-16(15)7-4-11-9-5(10)2-3-6(8(7)9)12(13)14/h2-4,11H,1H3. The summed E-state index contributed by atoms with van der Waals surface area (Å²) in [7, 11) is -1.41. The van der Waals surface area contributed by atoms with Crippen LogP contribution in [0.4, 0.5) is 10.1 Å². The topological polar surface area (TPSA) is 76.0 Å². The minimum absolute atomic E-state index is 0.0133. The minimum Gasteiger partial charge on any atom is -0.357 e. The summed E-state index contributed by atoms with van der Waals surface area (Å²) in [5.74, 6) is -0.600. The number of nitrogens with one attached hydrogen (secondary N) is 1. The van der Waals surface area contributed by atoms with Crippen molar-refractivity contribution in [3.8, 4) is 0 Å². The maximum Gasteiger partial charge on any atom is 0.280 e. The molecule has 0 aliphatic heterocycles. The summed E-state index contributed by atoms with van der Waals surface area (Å²) in [6, 6.07) is 2.08. The van der Waals surface area contributed by atoms with Crippen LogP contribution in [-0.2, 0) is 10.8 Å². The van der Waals surface area contributed by atoms with Gasteiger partial charge in [-0.25, -0.2) is 4.39 Å². The van der Waals surface area contributed by atoms with Crippen LogP contribution in [0.15, 0.2) is 23.2 Å². The zero-order chi connectivity index (χ0) is 11.9. The number of non-ortho nitro benzene ring substituents is 1. The lowest BCUT2D eigenvalue weighted by Gasteiger charge is -1.97. The van der Waals surface area contributed by atoms with E-state index in [2.05, 4.69) is 4.98 Å². The van der Waals surface area contributed by atoms with Crippen LogP contribution in [0.2, 0.25) is 0 Å². The molecule has 0 spiro atoms. The summed E-state index contributed by atoms with van der Waals surface area (Å²) >= 11 is 0. The highest BCUT2D eigenvalue weighted by molar-refractivity contribution is 7.84. The number of fused-ring (bicyclic) bond motifs is 1. The minimum atomic E-state index is -1.41. The Morgan fingerprint density at radius 2 is 2.19 bits per heavy atom. The smallest absolute Gasteiger partial charge is 0.280 e. The molecule has 0 radical (unpaired) electrons. The van der Waals surface area contributed by atoms with Crippen molar-refractivity contribution in [2.24, 2.45) is 0 Å². The average molecular weight is 242 g/mol. The molecule has 1 unspecified atom stereocenters. The summed E-state index contributed by atoms with van der Waals surface area (Å²) in [6.07, 6.45) is 2.72. The van der Waals surface area contributed by atoms with E-state index in [4.69, 9.17) is 0 Å². The van der Waals surface area contributed by atoms with E-state index in [1.54, 1.807) is 0 Å². The molecule has 5 nitrogen and oxygen atoms in total. The Hall–Kier alpha value is -1.76. The van der Waals surface area contributed by atoms with Crippen LogP contribution in [0.3, 0.4) is 0 Å². The third-order valence-corrected chi connectivity index (χ3v) is 3.17. The highest BCUT2D eigenvalue weighted by Crippen LogP contribution is 2.31. The fourth-order valence-electron chi connectivity index (χ4n) is 1.55. The molecular formula is C9H7FN2O3S. The zero-order valence-corrected chi connectivity index (χ0v) is 9.01. The van der Waals surface area contributed by atoms with Crippen LogP contribution in [0, 0.1) is 15.9 Å². The highest BCUT2D eigenvalue weighted by Gasteiger charge is 2.21. The van der Waals surface area contributed by atoms with E-state index in [1.165, 1.54) is 12.5 Å². The summed E-state index contributed by atoms with van der Waals surface area (Å²) in [4.78, 5) is 12.9. The van der Waals surface area contributed by atoms with E-state index >= 15 is 0 Å². The van der Waals surface area contributed by atoms with Crippen molar-refractivity contribution < 1.29 is 13.5 Å². The van der Waals surface area contributed by atoms with Crippen molar-refractivity contribution in [2.75, 3.05) is 6.26 Å². The molecule has 1 atom stereocenters. The Kier molecular flexibility index (Phi) is 2.47. The molecule has 1 aromatic carbocycles. The number of rotatable bonds is 2. The maximum atomic E-state index is 13.4. The first-order valence-corrected chi connectivity index (χ1v) is 5.85. The highest BCUT2D eigenvalue weighted by atomic mass is 32.2. The number of hydrogen-bond acceptors (Lipinski definition) is 3. The molecule has 1 heterocycles. The van der Waals surface area contributed by atoms with E-state index in [-0.39, 0.29) is 21.5 Å². The molecule has 0 aliphatic carbocycles. The second kappa shape index (κ2) is 3.67. The number of hydrogen-bond donors (Lipinski definition) is 1. The molecular weight excluding hydrogens is 235 g/mol. The fourth-order valence-corrected chi connectivity index (χ4v) is 2.26. The van der Waals surface area contributed by atoms with Gasteiger partial charge >= 0.3 is 0 Å². The van der Waals surface area contributed by atoms with Crippen molar-refractivity contribution in [3.05, 3.63) is 34.3 Å². The predicted molar refractivity (Wildman–Crippen MR) is 57.2 cm³/mol. The van der Waals surface area contributed by atoms with Gasteiger partial charge in [-0.3, -0.25) is 14.3 Å². The van der Waals surface area contributed by atoms with Crippen molar-refractivity contribution in [1.29, 1.82) is 0 Å². The van der Waals surface area contributed by atoms with Gasteiger partial charge in [0.05, 0.1) is 31.5 Å². The number of benzene rings is 1. The fraction of sp³-hybridized carbons (Fsp3) is 0.111.